The summed E-state index contributed by atoms with van der Waals surface area (Å²) >= 11 is 10.8. The first-order chi connectivity index (χ1) is 9.08. The van der Waals surface area contributed by atoms with E-state index in [2.05, 4.69) is 16.0 Å². The van der Waals surface area contributed by atoms with Gasteiger partial charge in [0.25, 0.3) is 0 Å². The fourth-order valence-electron chi connectivity index (χ4n) is 1.62. The molecule has 1 fully saturated rings. The van der Waals surface area contributed by atoms with Crippen LogP contribution in [0.5, 0.6) is 0 Å². The van der Waals surface area contributed by atoms with Crippen LogP contribution in [0.3, 0.4) is 0 Å². The van der Waals surface area contributed by atoms with E-state index >= 15 is 0 Å². The highest BCUT2D eigenvalue weighted by Gasteiger charge is 2.26. The molecule has 1 aromatic rings. The number of nitrogens with zero attached hydrogens (tertiary/aromatic N) is 1. The Morgan fingerprint density at radius 3 is 2.42 bits per heavy atom. The maximum atomic E-state index is 11.1. The highest BCUT2D eigenvalue weighted by atomic mass is 35.5. The third-order valence-corrected chi connectivity index (χ3v) is 3.01. The van der Waals surface area contributed by atoms with Crippen molar-refractivity contribution >= 4 is 34.5 Å². The number of anilines is 1. The van der Waals surface area contributed by atoms with Crippen molar-refractivity contribution in [2.75, 3.05) is 18.4 Å². The molecule has 1 aliphatic heterocycles. The van der Waals surface area contributed by atoms with Gasteiger partial charge in [-0.2, -0.15) is 0 Å². The summed E-state index contributed by atoms with van der Waals surface area (Å²) in [5.41, 5.74) is 0.481. The predicted octanol–water partition coefficient (Wildman–Crippen LogP) is 1.72. The third-order valence-electron chi connectivity index (χ3n) is 2.47. The Labute approximate surface area is 120 Å². The Kier molecular flexibility index (Phi) is 4.18. The first-order valence-corrected chi connectivity index (χ1v) is 6.30. The van der Waals surface area contributed by atoms with Gasteiger partial charge in [-0.3, -0.25) is 10.1 Å². The van der Waals surface area contributed by atoms with Crippen LogP contribution in [-0.2, 0) is 0 Å². The second kappa shape index (κ2) is 5.85. The molecule has 1 saturated heterocycles. The summed E-state index contributed by atoms with van der Waals surface area (Å²) in [6, 6.07) is 6.76. The molecule has 1 aliphatic rings. The van der Waals surface area contributed by atoms with E-state index in [1.165, 1.54) is 0 Å². The van der Waals surface area contributed by atoms with E-state index in [0.717, 1.165) is 0 Å². The number of nitro groups is 1. The average Bonchev–Trinajstić information content (AvgIpc) is 2.85. The van der Waals surface area contributed by atoms with E-state index in [-0.39, 0.29) is 10.7 Å². The molecule has 1 aromatic carbocycles. The van der Waals surface area contributed by atoms with Gasteiger partial charge in [-0.05, 0) is 24.3 Å². The monoisotopic (exact) mass is 298 g/mol. The molecule has 0 aromatic heterocycles. The van der Waals surface area contributed by atoms with Crippen LogP contribution >= 0.6 is 23.8 Å². The molecule has 6 nitrogen and oxygen atoms in total. The van der Waals surface area contributed by atoms with Gasteiger partial charge in [0, 0.05) is 23.8 Å². The maximum Gasteiger partial charge on any atom is 0.343 e. The fraction of sp³-hybridized carbons (Fsp3) is 0.182. The Balaban J connectivity index is 2.19. The predicted molar refractivity (Wildman–Crippen MR) is 77.7 cm³/mol. The van der Waals surface area contributed by atoms with Crippen LogP contribution in [0.4, 0.5) is 5.69 Å². The molecule has 1 heterocycles. The Bertz CT molecular complexity index is 536. The van der Waals surface area contributed by atoms with Crippen LogP contribution in [0.25, 0.3) is 0 Å². The van der Waals surface area contributed by atoms with Crippen LogP contribution in [0.1, 0.15) is 0 Å². The molecule has 0 aliphatic carbocycles. The van der Waals surface area contributed by atoms with E-state index in [4.69, 9.17) is 23.8 Å². The van der Waals surface area contributed by atoms with Gasteiger partial charge in [-0.1, -0.05) is 23.8 Å². The van der Waals surface area contributed by atoms with Crippen molar-refractivity contribution in [3.8, 4) is 0 Å². The summed E-state index contributed by atoms with van der Waals surface area (Å²) in [6.45, 7) is 1.27. The highest BCUT2D eigenvalue weighted by Crippen LogP contribution is 2.15. The van der Waals surface area contributed by atoms with Gasteiger partial charge >= 0.3 is 5.70 Å². The van der Waals surface area contributed by atoms with Gasteiger partial charge in [0.2, 0.25) is 0 Å². The van der Waals surface area contributed by atoms with Gasteiger partial charge in [-0.15, -0.1) is 0 Å². The molecule has 0 atom stereocenters. The fourth-order valence-corrected chi connectivity index (χ4v) is 2.04. The van der Waals surface area contributed by atoms with Crippen molar-refractivity contribution < 1.29 is 4.92 Å². The minimum absolute atomic E-state index is 0.0456. The van der Waals surface area contributed by atoms with Crippen LogP contribution in [-0.4, -0.2) is 23.0 Å². The van der Waals surface area contributed by atoms with Gasteiger partial charge < -0.3 is 16.0 Å². The summed E-state index contributed by atoms with van der Waals surface area (Å²) < 4.78 is 0. The Morgan fingerprint density at radius 2 is 1.89 bits per heavy atom. The summed E-state index contributed by atoms with van der Waals surface area (Å²) in [4.78, 5) is 10.6. The smallest absolute Gasteiger partial charge is 0.343 e. The molecular formula is C11H11ClN4O2S. The minimum atomic E-state index is -0.508. The van der Waals surface area contributed by atoms with E-state index in [1.807, 2.05) is 0 Å². The lowest BCUT2D eigenvalue weighted by molar-refractivity contribution is -0.416. The molecule has 0 amide bonds. The second-order valence-corrected chi connectivity index (χ2v) is 4.64. The lowest BCUT2D eigenvalue weighted by Crippen LogP contribution is -2.26. The average molecular weight is 299 g/mol. The first-order valence-electron chi connectivity index (χ1n) is 5.51. The van der Waals surface area contributed by atoms with E-state index in [1.54, 1.807) is 24.3 Å². The Hall–Kier alpha value is -1.86. The van der Waals surface area contributed by atoms with Crippen molar-refractivity contribution in [1.29, 1.82) is 0 Å². The molecule has 0 bridgehead atoms. The number of thiocarbonyl (C=S) groups is 1. The largest absolute Gasteiger partial charge is 0.364 e. The standard InChI is InChI=1S/C11H11ClN4O2S/c12-7-1-3-8(4-2-7)15-11(19)9(16(17)18)10-13-5-6-14-10/h1-4,13-14H,5-6H2,(H,15,19). The number of halogens is 1. The van der Waals surface area contributed by atoms with Crippen LogP contribution in [0, 0.1) is 10.1 Å². The molecule has 0 saturated carbocycles. The van der Waals surface area contributed by atoms with Crippen molar-refractivity contribution in [2.24, 2.45) is 0 Å². The van der Waals surface area contributed by atoms with Crippen molar-refractivity contribution in [2.45, 2.75) is 0 Å². The molecule has 0 unspecified atom stereocenters. The topological polar surface area (TPSA) is 79.2 Å². The molecule has 3 N–H and O–H groups in total. The Morgan fingerprint density at radius 1 is 1.32 bits per heavy atom. The number of nitrogens with one attached hydrogen (secondary N) is 3. The van der Waals surface area contributed by atoms with Gasteiger partial charge in [0.15, 0.2) is 10.8 Å². The quantitative estimate of drug-likeness (QED) is 0.341. The molecule has 100 valence electrons. The van der Waals surface area contributed by atoms with Crippen LogP contribution in [0.15, 0.2) is 35.8 Å². The number of benzene rings is 1. The summed E-state index contributed by atoms with van der Waals surface area (Å²) in [6.07, 6.45) is 0. The summed E-state index contributed by atoms with van der Waals surface area (Å²) in [5, 5.41) is 20.3. The highest BCUT2D eigenvalue weighted by molar-refractivity contribution is 7.81. The van der Waals surface area contributed by atoms with Crippen LogP contribution < -0.4 is 16.0 Å². The SMILES string of the molecule is O=[N+]([O-])C(C(=S)Nc1ccc(Cl)cc1)=C1NCCN1. The number of hydrogen-bond acceptors (Lipinski definition) is 5. The molecular weight excluding hydrogens is 288 g/mol. The summed E-state index contributed by atoms with van der Waals surface area (Å²) in [7, 11) is 0. The molecule has 8 heteroatoms. The molecule has 0 spiro atoms. The lowest BCUT2D eigenvalue weighted by Gasteiger charge is -2.08. The molecule has 0 radical (unpaired) electrons. The second-order valence-electron chi connectivity index (χ2n) is 3.80. The maximum absolute atomic E-state index is 11.1. The summed E-state index contributed by atoms with van der Waals surface area (Å²) in [5.74, 6) is 0.344. The normalized spacial score (nSPS) is 13.4. The molecule has 19 heavy (non-hydrogen) atoms. The van der Waals surface area contributed by atoms with Gasteiger partial charge in [0.05, 0.1) is 4.92 Å². The lowest BCUT2D eigenvalue weighted by atomic mass is 10.3. The van der Waals surface area contributed by atoms with Gasteiger partial charge in [0.1, 0.15) is 0 Å². The van der Waals surface area contributed by atoms with Crippen molar-refractivity contribution in [3.05, 3.63) is 50.9 Å². The van der Waals surface area contributed by atoms with Gasteiger partial charge in [-0.25, -0.2) is 0 Å². The molecule has 2 rings (SSSR count). The van der Waals surface area contributed by atoms with E-state index < -0.39 is 4.92 Å². The number of rotatable bonds is 3. The minimum Gasteiger partial charge on any atom is -0.364 e. The van der Waals surface area contributed by atoms with Crippen molar-refractivity contribution in [1.82, 2.24) is 10.6 Å². The van der Waals surface area contributed by atoms with Crippen LogP contribution in [0.2, 0.25) is 5.02 Å². The zero-order valence-corrected chi connectivity index (χ0v) is 11.3. The number of hydrogen-bond donors (Lipinski definition) is 3. The zero-order valence-electron chi connectivity index (χ0n) is 9.77. The third kappa shape index (κ3) is 3.33. The van der Waals surface area contributed by atoms with E-state index in [9.17, 15) is 10.1 Å². The first kappa shape index (κ1) is 13.6. The van der Waals surface area contributed by atoms with E-state index in [0.29, 0.717) is 29.6 Å². The zero-order chi connectivity index (χ0) is 13.8. The van der Waals surface area contributed by atoms with Crippen molar-refractivity contribution in [3.63, 3.8) is 0 Å².